The van der Waals surface area contributed by atoms with Crippen molar-refractivity contribution in [2.75, 3.05) is 6.79 Å². The maximum absolute atomic E-state index is 5.49. The van der Waals surface area contributed by atoms with E-state index in [1.165, 1.54) is 12.8 Å². The summed E-state index contributed by atoms with van der Waals surface area (Å²) in [5, 5.41) is 13.0. The minimum Gasteiger partial charge on any atom is -0.454 e. The van der Waals surface area contributed by atoms with Gasteiger partial charge in [-0.15, -0.1) is 21.5 Å². The summed E-state index contributed by atoms with van der Waals surface area (Å²) in [6, 6.07) is 16.3. The number of thioether (sulfide) groups is 1. The lowest BCUT2D eigenvalue weighted by Gasteiger charge is -2.09. The van der Waals surface area contributed by atoms with Gasteiger partial charge in [0, 0.05) is 28.3 Å². The van der Waals surface area contributed by atoms with Crippen molar-refractivity contribution in [1.82, 2.24) is 19.7 Å². The molecule has 2 aromatic heterocycles. The first-order valence-electron chi connectivity index (χ1n) is 9.83. The number of ether oxygens (including phenoxy) is 2. The number of thiazole rings is 1. The third-order valence-corrected chi connectivity index (χ3v) is 7.04. The standard InChI is InChI=1S/C22H18N4O2S2/c1-2-4-17(5-3-1)26-20(14-6-7-14)24-25-22(26)30-12-16-11-29-21(23-16)15-8-9-18-19(10-15)28-13-27-18/h1-5,8-11,14H,6-7,12-13H2. The average Bonchev–Trinajstić information content (AvgIpc) is 3.19. The fourth-order valence-corrected chi connectivity index (χ4v) is 5.25. The predicted octanol–water partition coefficient (Wildman–Crippen LogP) is 5.29. The molecule has 30 heavy (non-hydrogen) atoms. The molecule has 4 aromatic rings. The van der Waals surface area contributed by atoms with E-state index >= 15 is 0 Å². The van der Waals surface area contributed by atoms with Gasteiger partial charge in [0.2, 0.25) is 6.79 Å². The Morgan fingerprint density at radius 1 is 1.03 bits per heavy atom. The zero-order valence-corrected chi connectivity index (χ0v) is 17.7. The minimum absolute atomic E-state index is 0.281. The smallest absolute Gasteiger partial charge is 0.231 e. The second-order valence-electron chi connectivity index (χ2n) is 7.29. The van der Waals surface area contributed by atoms with E-state index in [0.717, 1.165) is 50.2 Å². The SMILES string of the molecule is c1ccc(-n2c(SCc3csc(-c4ccc5c(c4)OCO5)n3)nnc2C2CC2)cc1. The maximum atomic E-state index is 5.49. The Kier molecular flexibility index (Phi) is 4.46. The average molecular weight is 435 g/mol. The Morgan fingerprint density at radius 2 is 1.90 bits per heavy atom. The van der Waals surface area contributed by atoms with Gasteiger partial charge >= 0.3 is 0 Å². The quantitative estimate of drug-likeness (QED) is 0.384. The van der Waals surface area contributed by atoms with Gasteiger partial charge in [0.15, 0.2) is 16.7 Å². The van der Waals surface area contributed by atoms with Crippen molar-refractivity contribution < 1.29 is 9.47 Å². The number of fused-ring (bicyclic) bond motifs is 1. The maximum Gasteiger partial charge on any atom is 0.231 e. The molecule has 0 N–H and O–H groups in total. The van der Waals surface area contributed by atoms with Crippen LogP contribution in [0.3, 0.4) is 0 Å². The molecule has 0 radical (unpaired) electrons. The van der Waals surface area contributed by atoms with Crippen LogP contribution in [0.15, 0.2) is 59.1 Å². The number of para-hydroxylation sites is 1. The highest BCUT2D eigenvalue weighted by molar-refractivity contribution is 7.98. The zero-order chi connectivity index (χ0) is 19.9. The van der Waals surface area contributed by atoms with E-state index in [-0.39, 0.29) is 6.79 Å². The topological polar surface area (TPSA) is 62.1 Å². The summed E-state index contributed by atoms with van der Waals surface area (Å²) >= 11 is 3.32. The Balaban J connectivity index is 1.23. The van der Waals surface area contributed by atoms with Crippen molar-refractivity contribution in [3.63, 3.8) is 0 Å². The van der Waals surface area contributed by atoms with Gasteiger partial charge in [-0.3, -0.25) is 4.57 Å². The van der Waals surface area contributed by atoms with E-state index in [1.807, 2.05) is 24.3 Å². The van der Waals surface area contributed by atoms with Gasteiger partial charge in [-0.2, -0.15) is 0 Å². The summed E-state index contributed by atoms with van der Waals surface area (Å²) in [5.41, 5.74) is 3.20. The van der Waals surface area contributed by atoms with E-state index in [1.54, 1.807) is 23.1 Å². The molecule has 1 saturated carbocycles. The van der Waals surface area contributed by atoms with Gasteiger partial charge < -0.3 is 9.47 Å². The molecule has 6 nitrogen and oxygen atoms in total. The summed E-state index contributed by atoms with van der Waals surface area (Å²) in [5.74, 6) is 3.92. The Morgan fingerprint density at radius 3 is 2.77 bits per heavy atom. The van der Waals surface area contributed by atoms with Crippen molar-refractivity contribution in [2.45, 2.75) is 29.7 Å². The van der Waals surface area contributed by atoms with Crippen molar-refractivity contribution >= 4 is 23.1 Å². The lowest BCUT2D eigenvalue weighted by molar-refractivity contribution is 0.174. The molecule has 0 saturated heterocycles. The lowest BCUT2D eigenvalue weighted by atomic mass is 10.2. The Hall–Kier alpha value is -2.84. The minimum atomic E-state index is 0.281. The molecular formula is C22H18N4O2S2. The van der Waals surface area contributed by atoms with Crippen molar-refractivity contribution in [3.05, 3.63) is 65.4 Å². The van der Waals surface area contributed by atoms with E-state index in [0.29, 0.717) is 5.92 Å². The molecule has 0 unspecified atom stereocenters. The normalized spacial score (nSPS) is 14.9. The van der Waals surface area contributed by atoms with Gasteiger partial charge in [0.1, 0.15) is 10.8 Å². The van der Waals surface area contributed by atoms with Crippen LogP contribution >= 0.6 is 23.1 Å². The van der Waals surface area contributed by atoms with Crippen LogP contribution in [0.5, 0.6) is 11.5 Å². The Labute approximate surface area is 181 Å². The van der Waals surface area contributed by atoms with Crippen LogP contribution in [0.2, 0.25) is 0 Å². The van der Waals surface area contributed by atoms with Gasteiger partial charge in [-0.1, -0.05) is 30.0 Å². The van der Waals surface area contributed by atoms with E-state index in [4.69, 9.17) is 14.5 Å². The molecule has 0 atom stereocenters. The van der Waals surface area contributed by atoms with Crippen LogP contribution < -0.4 is 9.47 Å². The van der Waals surface area contributed by atoms with Crippen LogP contribution in [0.4, 0.5) is 0 Å². The largest absolute Gasteiger partial charge is 0.454 e. The third-order valence-electron chi connectivity index (χ3n) is 5.14. The zero-order valence-electron chi connectivity index (χ0n) is 16.0. The number of aromatic nitrogens is 4. The molecule has 8 heteroatoms. The number of hydrogen-bond donors (Lipinski definition) is 0. The molecule has 2 aromatic carbocycles. The fourth-order valence-electron chi connectivity index (χ4n) is 3.47. The molecule has 1 aliphatic carbocycles. The number of hydrogen-bond acceptors (Lipinski definition) is 7. The number of rotatable bonds is 6. The second kappa shape index (κ2) is 7.45. The van der Waals surface area contributed by atoms with Crippen molar-refractivity contribution in [2.24, 2.45) is 0 Å². The molecule has 1 aliphatic heterocycles. The summed E-state index contributed by atoms with van der Waals surface area (Å²) < 4.78 is 13.1. The van der Waals surface area contributed by atoms with Gasteiger partial charge in [0.05, 0.1) is 5.69 Å². The monoisotopic (exact) mass is 434 g/mol. The molecular weight excluding hydrogens is 416 g/mol. The second-order valence-corrected chi connectivity index (χ2v) is 9.09. The summed E-state index contributed by atoms with van der Waals surface area (Å²) in [6.07, 6.45) is 2.39. The van der Waals surface area contributed by atoms with Gasteiger partial charge in [0.25, 0.3) is 0 Å². The van der Waals surface area contributed by atoms with E-state index < -0.39 is 0 Å². The van der Waals surface area contributed by atoms with Crippen molar-refractivity contribution in [1.29, 1.82) is 0 Å². The summed E-state index contributed by atoms with van der Waals surface area (Å²) in [7, 11) is 0. The highest BCUT2D eigenvalue weighted by Crippen LogP contribution is 2.41. The summed E-state index contributed by atoms with van der Waals surface area (Å²) in [4.78, 5) is 4.82. The highest BCUT2D eigenvalue weighted by Gasteiger charge is 2.31. The van der Waals surface area contributed by atoms with Crippen molar-refractivity contribution in [3.8, 4) is 27.8 Å². The van der Waals surface area contributed by atoms with E-state index in [2.05, 4.69) is 44.4 Å². The first kappa shape index (κ1) is 18.0. The molecule has 3 heterocycles. The molecule has 0 bridgehead atoms. The molecule has 150 valence electrons. The van der Waals surface area contributed by atoms with Crippen LogP contribution in [-0.2, 0) is 5.75 Å². The third kappa shape index (κ3) is 3.36. The van der Waals surface area contributed by atoms with Crippen LogP contribution in [0.1, 0.15) is 30.3 Å². The van der Waals surface area contributed by atoms with Gasteiger partial charge in [-0.05, 0) is 43.2 Å². The van der Waals surface area contributed by atoms with Gasteiger partial charge in [-0.25, -0.2) is 4.98 Å². The fraction of sp³-hybridized carbons (Fsp3) is 0.227. The lowest BCUT2D eigenvalue weighted by Crippen LogP contribution is -2.01. The molecule has 0 amide bonds. The number of nitrogens with zero attached hydrogens (tertiary/aromatic N) is 4. The predicted molar refractivity (Wildman–Crippen MR) is 117 cm³/mol. The molecule has 1 fully saturated rings. The first-order valence-corrected chi connectivity index (χ1v) is 11.7. The van der Waals surface area contributed by atoms with E-state index in [9.17, 15) is 0 Å². The molecule has 0 spiro atoms. The summed E-state index contributed by atoms with van der Waals surface area (Å²) in [6.45, 7) is 0.281. The molecule has 6 rings (SSSR count). The first-order chi connectivity index (χ1) is 14.8. The molecule has 2 aliphatic rings. The van der Waals surface area contributed by atoms with Crippen LogP contribution in [0, 0.1) is 0 Å². The Bertz CT molecular complexity index is 1200. The highest BCUT2D eigenvalue weighted by atomic mass is 32.2. The van der Waals surface area contributed by atoms with Crippen LogP contribution in [0.25, 0.3) is 16.3 Å². The van der Waals surface area contributed by atoms with Crippen LogP contribution in [-0.4, -0.2) is 26.5 Å². The number of benzene rings is 2.